The molecule has 0 spiro atoms. The molecule has 1 radical (unpaired) electrons. The van der Waals surface area contributed by atoms with Crippen molar-refractivity contribution in [1.29, 1.82) is 0 Å². The Balaban J connectivity index is 1.79. The fraction of sp³-hybridized carbons (Fsp3) is 0.357. The molecule has 0 bridgehead atoms. The molecule has 0 fully saturated rings. The summed E-state index contributed by atoms with van der Waals surface area (Å²) in [6, 6.07) is 9.97. The summed E-state index contributed by atoms with van der Waals surface area (Å²) in [5.41, 5.74) is 6.51. The highest BCUT2D eigenvalue weighted by atomic mass is 32.2. The molecule has 2 aliphatic rings. The average molecular weight is 339 g/mol. The number of amidine groups is 1. The second-order valence-corrected chi connectivity index (χ2v) is 7.52. The van der Waals surface area contributed by atoms with Gasteiger partial charge in [0, 0.05) is 11.0 Å². The highest BCUT2D eigenvalue weighted by Gasteiger charge is 2.56. The standard InChI is InChI=1S/C14H18N3O3PS/c1-3-19-21(18,20-4-2)13-15-14-17(16-13)12(10-22-14)11-8-6-5-7-9-11/h5-10,13,18H,3-4H2,1-2H3/q+1. The summed E-state index contributed by atoms with van der Waals surface area (Å²) in [6.07, 6.45) is 0. The van der Waals surface area contributed by atoms with E-state index < -0.39 is 13.9 Å². The molecule has 2 heterocycles. The number of nitrogens with zero attached hydrogens (tertiary/aromatic N) is 3. The summed E-state index contributed by atoms with van der Waals surface area (Å²) in [5.74, 6) is -0.720. The zero-order valence-corrected chi connectivity index (χ0v) is 14.1. The van der Waals surface area contributed by atoms with Crippen molar-refractivity contribution < 1.29 is 13.9 Å². The normalized spacial score (nSPS) is 20.9. The fourth-order valence-electron chi connectivity index (χ4n) is 2.21. The predicted molar refractivity (Wildman–Crippen MR) is 89.6 cm³/mol. The summed E-state index contributed by atoms with van der Waals surface area (Å²) < 4.78 is 10.9. The molecular formula is C14H18N3O3PS+. The molecule has 0 aromatic heterocycles. The summed E-state index contributed by atoms with van der Waals surface area (Å²) >= 11 is 1.49. The number of rotatable bonds is 6. The van der Waals surface area contributed by atoms with Crippen LogP contribution in [0.1, 0.15) is 19.4 Å². The second kappa shape index (κ2) is 6.66. The maximum absolute atomic E-state index is 10.6. The van der Waals surface area contributed by atoms with Gasteiger partial charge in [-0.15, -0.1) is 0 Å². The number of benzene rings is 1. The second-order valence-electron chi connectivity index (χ2n) is 4.57. The summed E-state index contributed by atoms with van der Waals surface area (Å²) in [5, 5.41) is 4.50. The van der Waals surface area contributed by atoms with Crippen LogP contribution < -0.4 is 5.43 Å². The highest BCUT2D eigenvalue weighted by Crippen LogP contribution is 2.63. The first-order valence-corrected chi connectivity index (χ1v) is 9.62. The van der Waals surface area contributed by atoms with Crippen molar-refractivity contribution in [1.82, 2.24) is 10.4 Å². The lowest BCUT2D eigenvalue weighted by Gasteiger charge is -2.20. The van der Waals surface area contributed by atoms with E-state index in [4.69, 9.17) is 9.05 Å². The van der Waals surface area contributed by atoms with E-state index in [0.717, 1.165) is 16.4 Å². The third-order valence-electron chi connectivity index (χ3n) is 3.12. The third kappa shape index (κ3) is 2.93. The number of aliphatic imine (C=N–C) groups is 1. The van der Waals surface area contributed by atoms with Crippen molar-refractivity contribution in [3.63, 3.8) is 0 Å². The minimum Gasteiger partial charge on any atom is -0.229 e. The van der Waals surface area contributed by atoms with E-state index in [0.29, 0.717) is 13.2 Å². The molecule has 0 saturated heterocycles. The molecule has 22 heavy (non-hydrogen) atoms. The van der Waals surface area contributed by atoms with Gasteiger partial charge in [0.1, 0.15) is 0 Å². The Hall–Kier alpha value is -0.950. The van der Waals surface area contributed by atoms with Gasteiger partial charge in [-0.3, -0.25) is 0 Å². The topological polar surface area (TPSA) is 68.4 Å². The monoisotopic (exact) mass is 339 g/mol. The fourth-order valence-corrected chi connectivity index (χ4v) is 4.72. The van der Waals surface area contributed by atoms with E-state index in [1.807, 2.05) is 49.6 Å². The van der Waals surface area contributed by atoms with Gasteiger partial charge >= 0.3 is 13.9 Å². The average Bonchev–Trinajstić information content (AvgIpc) is 3.09. The predicted octanol–water partition coefficient (Wildman–Crippen LogP) is 3.03. The van der Waals surface area contributed by atoms with Crippen LogP contribution in [-0.4, -0.2) is 34.2 Å². The maximum atomic E-state index is 10.6. The van der Waals surface area contributed by atoms with Crippen LogP contribution in [0, 0.1) is 0 Å². The van der Waals surface area contributed by atoms with E-state index in [1.54, 1.807) is 5.01 Å². The first-order chi connectivity index (χ1) is 10.7. The van der Waals surface area contributed by atoms with Crippen LogP contribution in [-0.2, 0) is 9.05 Å². The smallest absolute Gasteiger partial charge is 0.229 e. The molecule has 1 atom stereocenters. The van der Waals surface area contributed by atoms with Crippen LogP contribution in [0.2, 0.25) is 0 Å². The lowest BCUT2D eigenvalue weighted by molar-refractivity contribution is 0.172. The molecule has 8 heteroatoms. The van der Waals surface area contributed by atoms with Gasteiger partial charge in [0.25, 0.3) is 0 Å². The first-order valence-electron chi connectivity index (χ1n) is 7.09. The van der Waals surface area contributed by atoms with Crippen LogP contribution in [0.15, 0.2) is 40.7 Å². The van der Waals surface area contributed by atoms with Crippen molar-refractivity contribution in [2.24, 2.45) is 4.99 Å². The molecule has 2 aliphatic heterocycles. The Morgan fingerprint density at radius 1 is 1.23 bits per heavy atom. The van der Waals surface area contributed by atoms with Crippen LogP contribution >= 0.6 is 19.7 Å². The SMILES string of the molecule is CCO[P+](O)(OCC)C1[N]N2C(c3ccccc3)=CSC2=N1. The molecule has 1 unspecified atom stereocenters. The van der Waals surface area contributed by atoms with Gasteiger partial charge in [0.05, 0.1) is 18.9 Å². The van der Waals surface area contributed by atoms with Gasteiger partial charge in [-0.05, 0) is 13.8 Å². The summed E-state index contributed by atoms with van der Waals surface area (Å²) in [4.78, 5) is 15.1. The lowest BCUT2D eigenvalue weighted by Crippen LogP contribution is -2.32. The van der Waals surface area contributed by atoms with Gasteiger partial charge in [-0.25, -0.2) is 5.01 Å². The number of hydrogen-bond acceptors (Lipinski definition) is 6. The molecule has 0 saturated carbocycles. The molecule has 117 valence electrons. The van der Waals surface area contributed by atoms with Crippen molar-refractivity contribution in [2.45, 2.75) is 19.8 Å². The minimum absolute atomic E-state index is 0.357. The van der Waals surface area contributed by atoms with Gasteiger partial charge in [0.15, 0.2) is 5.17 Å². The first kappa shape index (κ1) is 15.9. The quantitative estimate of drug-likeness (QED) is 0.807. The van der Waals surface area contributed by atoms with Crippen molar-refractivity contribution in [3.8, 4) is 0 Å². The van der Waals surface area contributed by atoms with E-state index in [1.165, 1.54) is 11.8 Å². The number of thioether (sulfide) groups is 1. The summed E-state index contributed by atoms with van der Waals surface area (Å²) in [7, 11) is -3.13. The molecule has 1 N–H and O–H groups in total. The minimum atomic E-state index is -3.13. The largest absolute Gasteiger partial charge is 0.455 e. The molecular weight excluding hydrogens is 321 g/mol. The van der Waals surface area contributed by atoms with Crippen LogP contribution in [0.25, 0.3) is 5.70 Å². The zero-order chi connectivity index (χ0) is 15.6. The molecule has 1 aromatic carbocycles. The Bertz CT molecular complexity index is 590. The molecule has 6 nitrogen and oxygen atoms in total. The van der Waals surface area contributed by atoms with Crippen molar-refractivity contribution in [2.75, 3.05) is 13.2 Å². The van der Waals surface area contributed by atoms with E-state index in [-0.39, 0.29) is 0 Å². The van der Waals surface area contributed by atoms with Gasteiger partial charge < -0.3 is 0 Å². The van der Waals surface area contributed by atoms with Crippen LogP contribution in [0.4, 0.5) is 0 Å². The van der Waals surface area contributed by atoms with Gasteiger partial charge in [0.2, 0.25) is 0 Å². The summed E-state index contributed by atoms with van der Waals surface area (Å²) in [6.45, 7) is 4.35. The van der Waals surface area contributed by atoms with Crippen LogP contribution in [0.3, 0.4) is 0 Å². The number of fused-ring (bicyclic) bond motifs is 1. The van der Waals surface area contributed by atoms with Gasteiger partial charge in [-0.1, -0.05) is 47.5 Å². The molecule has 0 amide bonds. The van der Waals surface area contributed by atoms with E-state index in [9.17, 15) is 4.89 Å². The highest BCUT2D eigenvalue weighted by molar-refractivity contribution is 8.16. The third-order valence-corrected chi connectivity index (χ3v) is 6.01. The van der Waals surface area contributed by atoms with E-state index in [2.05, 4.69) is 10.4 Å². The Kier molecular flexibility index (Phi) is 4.82. The van der Waals surface area contributed by atoms with E-state index >= 15 is 0 Å². The van der Waals surface area contributed by atoms with Crippen molar-refractivity contribution in [3.05, 3.63) is 41.3 Å². The lowest BCUT2D eigenvalue weighted by atomic mass is 10.2. The van der Waals surface area contributed by atoms with Crippen molar-refractivity contribution >= 4 is 30.6 Å². The number of hydrogen-bond donors (Lipinski definition) is 1. The molecule has 0 aliphatic carbocycles. The molecule has 3 rings (SSSR count). The Morgan fingerprint density at radius 2 is 1.91 bits per heavy atom. The van der Waals surface area contributed by atoms with Crippen LogP contribution in [0.5, 0.6) is 0 Å². The van der Waals surface area contributed by atoms with Gasteiger partial charge in [-0.2, -0.15) is 18.9 Å². The molecule has 1 aromatic rings. The zero-order valence-electron chi connectivity index (χ0n) is 12.4. The Labute approximate surface area is 134 Å². The Morgan fingerprint density at radius 3 is 2.55 bits per heavy atom. The maximum Gasteiger partial charge on any atom is 0.455 e.